The summed E-state index contributed by atoms with van der Waals surface area (Å²) in [6.45, 7) is 1.93. The number of benzene rings is 2. The molecule has 11 heteroatoms. The molecule has 198 valence electrons. The van der Waals surface area contributed by atoms with Gasteiger partial charge in [-0.3, -0.25) is 14.4 Å². The van der Waals surface area contributed by atoms with E-state index in [-0.39, 0.29) is 49.8 Å². The summed E-state index contributed by atoms with van der Waals surface area (Å²) >= 11 is 0. The van der Waals surface area contributed by atoms with Crippen molar-refractivity contribution >= 4 is 11.8 Å². The van der Waals surface area contributed by atoms with Crippen LogP contribution in [0.2, 0.25) is 0 Å². The van der Waals surface area contributed by atoms with E-state index in [4.69, 9.17) is 9.47 Å². The summed E-state index contributed by atoms with van der Waals surface area (Å²) in [6, 6.07) is 10.1. The van der Waals surface area contributed by atoms with Crippen LogP contribution in [0.3, 0.4) is 0 Å². The number of carbonyl (C=O) groups is 2. The van der Waals surface area contributed by atoms with Crippen LogP contribution in [0, 0.1) is 11.6 Å². The number of nitrogens with one attached hydrogen (secondary N) is 1. The third-order valence-corrected chi connectivity index (χ3v) is 6.88. The van der Waals surface area contributed by atoms with Gasteiger partial charge in [-0.2, -0.15) is 0 Å². The number of pyridine rings is 1. The lowest BCUT2D eigenvalue weighted by atomic mass is 9.92. The molecule has 1 atom stereocenters. The number of ether oxygens (including phenoxy) is 2. The standard InChI is InChI=1S/C27H25F2N3O6/c1-27-13-31(11-15-3-7-18(37-2)8-4-15)26(36)22-24(34)23(33)21(20(32(22)27)12-38-14-27)25(35)30-10-16-5-6-17(28)9-19(16)29/h3-9,34H,10-14H2,1-2H3,(H,30,35). The van der Waals surface area contributed by atoms with Crippen LogP contribution >= 0.6 is 0 Å². The van der Waals surface area contributed by atoms with E-state index in [9.17, 15) is 28.3 Å². The van der Waals surface area contributed by atoms with Crippen molar-refractivity contribution in [1.29, 1.82) is 0 Å². The molecule has 2 aliphatic rings. The monoisotopic (exact) mass is 525 g/mol. The Morgan fingerprint density at radius 2 is 1.92 bits per heavy atom. The maximum absolute atomic E-state index is 14.0. The lowest BCUT2D eigenvalue weighted by Gasteiger charge is -2.47. The Labute approximate surface area is 216 Å². The summed E-state index contributed by atoms with van der Waals surface area (Å²) in [6.07, 6.45) is 0. The number of aromatic nitrogens is 1. The molecule has 0 aliphatic carbocycles. The molecule has 3 aromatic rings. The molecular formula is C27H25F2N3O6. The Bertz CT molecular complexity index is 1500. The topological polar surface area (TPSA) is 110 Å². The largest absolute Gasteiger partial charge is 0.503 e. The van der Waals surface area contributed by atoms with Gasteiger partial charge in [-0.15, -0.1) is 0 Å². The molecule has 0 saturated heterocycles. The smallest absolute Gasteiger partial charge is 0.274 e. The first-order chi connectivity index (χ1) is 18.1. The zero-order chi connectivity index (χ0) is 27.2. The summed E-state index contributed by atoms with van der Waals surface area (Å²) in [5.74, 6) is -3.23. The predicted molar refractivity (Wildman–Crippen MR) is 131 cm³/mol. The van der Waals surface area contributed by atoms with Gasteiger partial charge in [0.15, 0.2) is 11.4 Å². The molecule has 0 bridgehead atoms. The average molecular weight is 526 g/mol. The van der Waals surface area contributed by atoms with Crippen molar-refractivity contribution in [3.63, 3.8) is 0 Å². The summed E-state index contributed by atoms with van der Waals surface area (Å²) in [7, 11) is 1.55. The number of hydrogen-bond acceptors (Lipinski definition) is 6. The maximum atomic E-state index is 14.0. The van der Waals surface area contributed by atoms with Crippen molar-refractivity contribution in [2.75, 3.05) is 20.3 Å². The number of aromatic hydroxyl groups is 1. The third-order valence-electron chi connectivity index (χ3n) is 6.88. The normalized spacial score (nSPS) is 18.2. The van der Waals surface area contributed by atoms with E-state index in [0.29, 0.717) is 11.8 Å². The van der Waals surface area contributed by atoms with E-state index in [1.54, 1.807) is 19.2 Å². The molecule has 1 aromatic heterocycles. The Kier molecular flexibility index (Phi) is 6.39. The van der Waals surface area contributed by atoms with Gasteiger partial charge in [0.2, 0.25) is 5.43 Å². The van der Waals surface area contributed by atoms with E-state index in [1.807, 2.05) is 19.1 Å². The highest BCUT2D eigenvalue weighted by molar-refractivity contribution is 6.00. The molecule has 3 heterocycles. The Morgan fingerprint density at radius 3 is 2.61 bits per heavy atom. The van der Waals surface area contributed by atoms with Gasteiger partial charge in [-0.05, 0) is 30.7 Å². The van der Waals surface area contributed by atoms with Crippen LogP contribution in [0.15, 0.2) is 47.3 Å². The van der Waals surface area contributed by atoms with E-state index in [2.05, 4.69) is 5.32 Å². The lowest BCUT2D eigenvalue weighted by Crippen LogP contribution is -2.58. The molecule has 2 N–H and O–H groups in total. The molecule has 0 fully saturated rings. The Morgan fingerprint density at radius 1 is 1.18 bits per heavy atom. The molecule has 5 rings (SSSR count). The quantitative estimate of drug-likeness (QED) is 0.512. The second-order valence-electron chi connectivity index (χ2n) is 9.60. The summed E-state index contributed by atoms with van der Waals surface area (Å²) in [5.41, 5.74) is -1.54. The van der Waals surface area contributed by atoms with Crippen molar-refractivity contribution in [3.8, 4) is 11.5 Å². The Balaban J connectivity index is 1.51. The molecule has 0 spiro atoms. The number of carbonyl (C=O) groups excluding carboxylic acids is 2. The first-order valence-corrected chi connectivity index (χ1v) is 11.9. The highest BCUT2D eigenvalue weighted by Crippen LogP contribution is 2.37. The van der Waals surface area contributed by atoms with Crippen molar-refractivity contribution < 1.29 is 33.0 Å². The van der Waals surface area contributed by atoms with Crippen LogP contribution in [-0.4, -0.2) is 46.6 Å². The van der Waals surface area contributed by atoms with Crippen LogP contribution in [-0.2, 0) is 30.0 Å². The average Bonchev–Trinajstić information content (AvgIpc) is 2.88. The molecule has 0 radical (unpaired) electrons. The van der Waals surface area contributed by atoms with Gasteiger partial charge in [0.25, 0.3) is 11.8 Å². The molecule has 2 aromatic carbocycles. The van der Waals surface area contributed by atoms with Gasteiger partial charge in [-0.1, -0.05) is 18.2 Å². The summed E-state index contributed by atoms with van der Waals surface area (Å²) in [5, 5.41) is 13.4. The zero-order valence-electron chi connectivity index (χ0n) is 20.7. The van der Waals surface area contributed by atoms with E-state index >= 15 is 0 Å². The fourth-order valence-corrected chi connectivity index (χ4v) is 5.06. The zero-order valence-corrected chi connectivity index (χ0v) is 20.7. The van der Waals surface area contributed by atoms with E-state index < -0.39 is 45.7 Å². The highest BCUT2D eigenvalue weighted by Gasteiger charge is 2.46. The van der Waals surface area contributed by atoms with Crippen LogP contribution < -0.4 is 15.5 Å². The van der Waals surface area contributed by atoms with Gasteiger partial charge < -0.3 is 29.4 Å². The molecule has 0 saturated carbocycles. The van der Waals surface area contributed by atoms with Crippen molar-refractivity contribution in [3.05, 3.63) is 92.4 Å². The first kappa shape index (κ1) is 25.4. The molecule has 2 aliphatic heterocycles. The molecule has 2 amide bonds. The van der Waals surface area contributed by atoms with Crippen molar-refractivity contribution in [1.82, 2.24) is 14.8 Å². The van der Waals surface area contributed by atoms with Crippen LogP contribution in [0.1, 0.15) is 44.6 Å². The molecule has 1 unspecified atom stereocenters. The van der Waals surface area contributed by atoms with E-state index in [0.717, 1.165) is 11.6 Å². The predicted octanol–water partition coefficient (Wildman–Crippen LogP) is 2.67. The molecule has 38 heavy (non-hydrogen) atoms. The Hall–Kier alpha value is -4.25. The number of hydrogen-bond donors (Lipinski definition) is 2. The number of nitrogens with zero attached hydrogens (tertiary/aromatic N) is 2. The van der Waals surface area contributed by atoms with Gasteiger partial charge in [0.1, 0.15) is 22.9 Å². The van der Waals surface area contributed by atoms with Crippen molar-refractivity contribution in [2.45, 2.75) is 32.2 Å². The number of rotatable bonds is 6. The minimum atomic E-state index is -1.03. The number of halogens is 2. The highest BCUT2D eigenvalue weighted by atomic mass is 19.1. The third kappa shape index (κ3) is 4.28. The summed E-state index contributed by atoms with van der Waals surface area (Å²) < 4.78 is 39.7. The lowest BCUT2D eigenvalue weighted by molar-refractivity contribution is -0.0190. The van der Waals surface area contributed by atoms with Gasteiger partial charge in [0.05, 0.1) is 31.6 Å². The van der Waals surface area contributed by atoms with Gasteiger partial charge in [0, 0.05) is 31.3 Å². The second kappa shape index (κ2) is 9.56. The van der Waals surface area contributed by atoms with Gasteiger partial charge in [-0.25, -0.2) is 8.78 Å². The fourth-order valence-electron chi connectivity index (χ4n) is 5.06. The minimum absolute atomic E-state index is 0.0149. The van der Waals surface area contributed by atoms with Crippen molar-refractivity contribution in [2.24, 2.45) is 0 Å². The molecular weight excluding hydrogens is 500 g/mol. The summed E-state index contributed by atoms with van der Waals surface area (Å²) in [4.78, 5) is 41.4. The van der Waals surface area contributed by atoms with Crippen LogP contribution in [0.4, 0.5) is 8.78 Å². The first-order valence-electron chi connectivity index (χ1n) is 11.9. The van der Waals surface area contributed by atoms with Gasteiger partial charge >= 0.3 is 0 Å². The molecule has 9 nitrogen and oxygen atoms in total. The second-order valence-corrected chi connectivity index (χ2v) is 9.60. The number of methoxy groups -OCH3 is 1. The SMILES string of the molecule is COc1ccc(CN2CC3(C)COCc4c(C(=O)NCc5ccc(F)cc5F)c(=O)c(O)c(n43)C2=O)cc1. The maximum Gasteiger partial charge on any atom is 0.274 e. The minimum Gasteiger partial charge on any atom is -0.503 e. The fraction of sp³-hybridized carbons (Fsp3) is 0.296. The van der Waals surface area contributed by atoms with E-state index in [1.165, 1.54) is 15.5 Å². The van der Waals surface area contributed by atoms with Crippen LogP contribution in [0.25, 0.3) is 0 Å². The number of amides is 2. The van der Waals surface area contributed by atoms with Crippen LogP contribution in [0.5, 0.6) is 11.5 Å².